The summed E-state index contributed by atoms with van der Waals surface area (Å²) in [4.78, 5) is 13.0. The summed E-state index contributed by atoms with van der Waals surface area (Å²) < 4.78 is 0. The van der Waals surface area contributed by atoms with Crippen LogP contribution in [0.5, 0.6) is 0 Å². The van der Waals surface area contributed by atoms with E-state index >= 15 is 0 Å². The molecule has 0 spiro atoms. The van der Waals surface area contributed by atoms with E-state index < -0.39 is 0 Å². The van der Waals surface area contributed by atoms with Crippen LogP contribution in [0, 0.1) is 10.1 Å². The number of nitrogens with zero attached hydrogens (tertiary/aromatic N) is 2. The van der Waals surface area contributed by atoms with Crippen LogP contribution >= 0.6 is 0 Å². The summed E-state index contributed by atoms with van der Waals surface area (Å²) in [6.07, 6.45) is 3.48. The summed E-state index contributed by atoms with van der Waals surface area (Å²) in [5.41, 5.74) is 1.92. The van der Waals surface area contributed by atoms with Crippen molar-refractivity contribution < 1.29 is 4.92 Å². The lowest BCUT2D eigenvalue weighted by molar-refractivity contribution is -0.384. The predicted octanol–water partition coefficient (Wildman–Crippen LogP) is 3.01. The summed E-state index contributed by atoms with van der Waals surface area (Å²) >= 11 is 0. The van der Waals surface area contributed by atoms with Gasteiger partial charge in [-0.2, -0.15) is 0 Å². The van der Waals surface area contributed by atoms with Crippen molar-refractivity contribution in [3.05, 3.63) is 33.9 Å². The maximum absolute atomic E-state index is 11.0. The summed E-state index contributed by atoms with van der Waals surface area (Å²) in [6, 6.07) is 6.07. The van der Waals surface area contributed by atoms with Crippen LogP contribution in [0.1, 0.15) is 31.7 Å². The monoisotopic (exact) mass is 263 g/mol. The molecule has 104 valence electrons. The highest BCUT2D eigenvalue weighted by Crippen LogP contribution is 2.29. The van der Waals surface area contributed by atoms with Gasteiger partial charge in [-0.1, -0.05) is 13.0 Å². The number of hydrogen-bond acceptors (Lipinski definition) is 4. The molecule has 5 heteroatoms. The highest BCUT2D eigenvalue weighted by molar-refractivity contribution is 5.62. The van der Waals surface area contributed by atoms with Crippen molar-refractivity contribution >= 4 is 11.4 Å². The van der Waals surface area contributed by atoms with Crippen molar-refractivity contribution in [3.8, 4) is 0 Å². The molecule has 5 nitrogen and oxygen atoms in total. The number of hydrogen-bond donors (Lipinski definition) is 1. The molecule has 0 aromatic heterocycles. The Bertz CT molecular complexity index is 458. The molecule has 1 aromatic carbocycles. The fraction of sp³-hybridized carbons (Fsp3) is 0.571. The maximum atomic E-state index is 11.0. The van der Waals surface area contributed by atoms with Crippen LogP contribution in [-0.2, 0) is 6.54 Å². The van der Waals surface area contributed by atoms with E-state index in [1.807, 2.05) is 19.1 Å². The lowest BCUT2D eigenvalue weighted by Crippen LogP contribution is -2.20. The zero-order valence-corrected chi connectivity index (χ0v) is 11.6. The van der Waals surface area contributed by atoms with Crippen LogP contribution in [0.25, 0.3) is 0 Å². The number of nitro benzene ring substituents is 1. The fourth-order valence-corrected chi connectivity index (χ4v) is 2.17. The molecule has 1 fully saturated rings. The Balaban J connectivity index is 2.13. The summed E-state index contributed by atoms with van der Waals surface area (Å²) in [5, 5.41) is 14.1. The Labute approximate surface area is 113 Å². The van der Waals surface area contributed by atoms with Gasteiger partial charge in [0, 0.05) is 25.2 Å². The highest BCUT2D eigenvalue weighted by Gasteiger charge is 2.26. The molecule has 0 radical (unpaired) electrons. The summed E-state index contributed by atoms with van der Waals surface area (Å²) in [6.45, 7) is 3.65. The highest BCUT2D eigenvalue weighted by atomic mass is 16.6. The molecule has 1 aromatic rings. The van der Waals surface area contributed by atoms with Gasteiger partial charge in [0.05, 0.1) is 4.92 Å². The van der Waals surface area contributed by atoms with Crippen LogP contribution in [0.3, 0.4) is 0 Å². The molecular formula is C14H21N3O2. The second-order valence-corrected chi connectivity index (χ2v) is 5.18. The van der Waals surface area contributed by atoms with E-state index in [4.69, 9.17) is 0 Å². The minimum atomic E-state index is -0.327. The minimum absolute atomic E-state index is 0.159. The number of nitro groups is 1. The van der Waals surface area contributed by atoms with Crippen molar-refractivity contribution in [1.29, 1.82) is 0 Å². The van der Waals surface area contributed by atoms with E-state index in [-0.39, 0.29) is 10.6 Å². The third-order valence-electron chi connectivity index (χ3n) is 3.43. The first-order valence-corrected chi connectivity index (χ1v) is 6.83. The lowest BCUT2D eigenvalue weighted by atomic mass is 10.1. The second kappa shape index (κ2) is 6.02. The number of rotatable bonds is 7. The molecule has 1 N–H and O–H groups in total. The van der Waals surface area contributed by atoms with Crippen molar-refractivity contribution in [2.45, 2.75) is 38.8 Å². The molecule has 1 aliphatic carbocycles. The Kier molecular flexibility index (Phi) is 4.37. The summed E-state index contributed by atoms with van der Waals surface area (Å²) in [5.74, 6) is 0. The average molecular weight is 263 g/mol. The Morgan fingerprint density at radius 2 is 2.21 bits per heavy atom. The SMILES string of the molecule is CCCNc1cc(CN(C)C2CC2)ccc1[N+](=O)[O-]. The van der Waals surface area contributed by atoms with Crippen molar-refractivity contribution in [3.63, 3.8) is 0 Å². The van der Waals surface area contributed by atoms with Crippen LogP contribution < -0.4 is 5.32 Å². The van der Waals surface area contributed by atoms with Crippen LogP contribution in [-0.4, -0.2) is 29.5 Å². The standard InChI is InChI=1S/C14H21N3O2/c1-3-8-15-13-9-11(4-7-14(13)17(18)19)10-16(2)12-5-6-12/h4,7,9,12,15H,3,5-6,8,10H2,1-2H3. The number of nitrogens with one attached hydrogen (secondary N) is 1. The first kappa shape index (κ1) is 13.8. The van der Waals surface area contributed by atoms with Crippen LogP contribution in [0.15, 0.2) is 18.2 Å². The molecule has 0 saturated heterocycles. The molecule has 19 heavy (non-hydrogen) atoms. The number of anilines is 1. The van der Waals surface area contributed by atoms with Crippen LogP contribution in [0.2, 0.25) is 0 Å². The first-order chi connectivity index (χ1) is 9.11. The van der Waals surface area contributed by atoms with Gasteiger partial charge in [0.2, 0.25) is 0 Å². The predicted molar refractivity (Wildman–Crippen MR) is 76.4 cm³/mol. The zero-order valence-electron chi connectivity index (χ0n) is 11.6. The smallest absolute Gasteiger partial charge is 0.292 e. The maximum Gasteiger partial charge on any atom is 0.292 e. The van der Waals surface area contributed by atoms with E-state index in [0.717, 1.165) is 25.1 Å². The molecule has 0 atom stereocenters. The average Bonchev–Trinajstić information content (AvgIpc) is 3.20. The van der Waals surface area contributed by atoms with Gasteiger partial charge >= 0.3 is 0 Å². The molecule has 0 bridgehead atoms. The van der Waals surface area contributed by atoms with Gasteiger partial charge in [0.1, 0.15) is 5.69 Å². The zero-order chi connectivity index (χ0) is 13.8. The van der Waals surface area contributed by atoms with Gasteiger partial charge in [-0.3, -0.25) is 15.0 Å². The number of benzene rings is 1. The third-order valence-corrected chi connectivity index (χ3v) is 3.43. The topological polar surface area (TPSA) is 58.4 Å². The van der Waals surface area contributed by atoms with E-state index in [2.05, 4.69) is 17.3 Å². The van der Waals surface area contributed by atoms with E-state index in [9.17, 15) is 10.1 Å². The van der Waals surface area contributed by atoms with Crippen molar-refractivity contribution in [2.24, 2.45) is 0 Å². The molecule has 0 amide bonds. The quantitative estimate of drug-likeness (QED) is 0.607. The molecule has 0 aliphatic heterocycles. The van der Waals surface area contributed by atoms with Crippen molar-refractivity contribution in [2.75, 3.05) is 18.9 Å². The Morgan fingerprint density at radius 3 is 2.79 bits per heavy atom. The van der Waals surface area contributed by atoms with E-state index in [1.54, 1.807) is 6.07 Å². The van der Waals surface area contributed by atoms with Gasteiger partial charge in [0.25, 0.3) is 5.69 Å². The lowest BCUT2D eigenvalue weighted by Gasteiger charge is -2.16. The Hall–Kier alpha value is -1.62. The fourth-order valence-electron chi connectivity index (χ4n) is 2.17. The van der Waals surface area contributed by atoms with Gasteiger partial charge < -0.3 is 5.32 Å². The molecule has 0 heterocycles. The van der Waals surface area contributed by atoms with Crippen LogP contribution in [0.4, 0.5) is 11.4 Å². The second-order valence-electron chi connectivity index (χ2n) is 5.18. The molecule has 1 aliphatic rings. The molecule has 2 rings (SSSR count). The van der Waals surface area contributed by atoms with Gasteiger partial charge in [0.15, 0.2) is 0 Å². The summed E-state index contributed by atoms with van der Waals surface area (Å²) in [7, 11) is 2.11. The molecular weight excluding hydrogens is 242 g/mol. The molecule has 1 saturated carbocycles. The minimum Gasteiger partial charge on any atom is -0.379 e. The van der Waals surface area contributed by atoms with Crippen molar-refractivity contribution in [1.82, 2.24) is 4.90 Å². The molecule has 0 unspecified atom stereocenters. The van der Waals surface area contributed by atoms with Gasteiger partial charge in [-0.05, 0) is 37.9 Å². The first-order valence-electron chi connectivity index (χ1n) is 6.83. The normalized spacial score (nSPS) is 14.7. The Morgan fingerprint density at radius 1 is 1.47 bits per heavy atom. The van der Waals surface area contributed by atoms with E-state index in [0.29, 0.717) is 11.7 Å². The van der Waals surface area contributed by atoms with Gasteiger partial charge in [-0.15, -0.1) is 0 Å². The van der Waals surface area contributed by atoms with E-state index in [1.165, 1.54) is 12.8 Å². The third kappa shape index (κ3) is 3.67. The largest absolute Gasteiger partial charge is 0.379 e. The van der Waals surface area contributed by atoms with Gasteiger partial charge in [-0.25, -0.2) is 0 Å².